The molecule has 11 heteroatoms. The normalized spacial score (nSPS) is 14.2. The van der Waals surface area contributed by atoms with E-state index in [-0.39, 0.29) is 30.3 Å². The number of alkyl halides is 6. The Bertz CT molecular complexity index is 1150. The smallest absolute Gasteiger partial charge is 0.443 e. The van der Waals surface area contributed by atoms with Crippen LogP contribution in [0.15, 0.2) is 47.8 Å². The van der Waals surface area contributed by atoms with Crippen molar-refractivity contribution in [1.29, 1.82) is 0 Å². The quantitative estimate of drug-likeness (QED) is 0.419. The van der Waals surface area contributed by atoms with Gasteiger partial charge in [0, 0.05) is 24.0 Å². The van der Waals surface area contributed by atoms with Gasteiger partial charge in [-0.05, 0) is 42.3 Å². The van der Waals surface area contributed by atoms with Crippen molar-refractivity contribution in [1.82, 2.24) is 9.88 Å². The second kappa shape index (κ2) is 8.69. The molecular weight excluding hydrogens is 470 g/mol. The number of halogens is 6. The summed E-state index contributed by atoms with van der Waals surface area (Å²) in [6.07, 6.45) is -8.78. The van der Waals surface area contributed by atoms with Crippen molar-refractivity contribution < 1.29 is 35.9 Å². The number of thiazole rings is 1. The first-order valence-corrected chi connectivity index (χ1v) is 10.6. The first-order valence-electron chi connectivity index (χ1n) is 9.76. The van der Waals surface area contributed by atoms with E-state index in [4.69, 9.17) is 4.74 Å². The molecule has 0 bridgehead atoms. The predicted octanol–water partition coefficient (Wildman–Crippen LogP) is 6.10. The molecule has 1 amide bonds. The number of benzene rings is 2. The van der Waals surface area contributed by atoms with Gasteiger partial charge in [0.1, 0.15) is 11.5 Å². The topological polar surface area (TPSA) is 42.4 Å². The number of amides is 1. The number of fused-ring (bicyclic) bond motifs is 1. The zero-order valence-corrected chi connectivity index (χ0v) is 17.7. The summed E-state index contributed by atoms with van der Waals surface area (Å²) >= 11 is 0.453. The van der Waals surface area contributed by atoms with Crippen molar-refractivity contribution >= 4 is 17.2 Å². The summed E-state index contributed by atoms with van der Waals surface area (Å²) in [6.45, 7) is 0.574. The highest BCUT2D eigenvalue weighted by molar-refractivity contribution is 7.09. The maximum absolute atomic E-state index is 12.7. The van der Waals surface area contributed by atoms with E-state index in [0.717, 1.165) is 23.3 Å². The molecule has 4 rings (SSSR count). The van der Waals surface area contributed by atoms with E-state index >= 15 is 0 Å². The maximum Gasteiger partial charge on any atom is 0.443 e. The van der Waals surface area contributed by atoms with Crippen LogP contribution in [0.5, 0.6) is 11.5 Å². The SMILES string of the molecule is O=C(Cc1csc(C(F)(F)F)n1)N1CCc2c(cccc2Oc2ccc(C(F)(F)F)cc2)C1. The van der Waals surface area contributed by atoms with Crippen LogP contribution >= 0.6 is 11.3 Å². The van der Waals surface area contributed by atoms with Crippen molar-refractivity contribution in [2.45, 2.75) is 31.7 Å². The predicted molar refractivity (Wildman–Crippen MR) is 108 cm³/mol. The molecule has 33 heavy (non-hydrogen) atoms. The average Bonchev–Trinajstić information content (AvgIpc) is 3.22. The van der Waals surface area contributed by atoms with Crippen LogP contribution in [-0.4, -0.2) is 22.3 Å². The van der Waals surface area contributed by atoms with Gasteiger partial charge >= 0.3 is 12.4 Å². The summed E-state index contributed by atoms with van der Waals surface area (Å²) in [5.41, 5.74) is 0.923. The molecule has 1 aromatic heterocycles. The fourth-order valence-corrected chi connectivity index (χ4v) is 4.19. The molecule has 174 valence electrons. The molecular formula is C22H16F6N2O2S. The highest BCUT2D eigenvalue weighted by Gasteiger charge is 2.35. The Kier molecular flexibility index (Phi) is 6.08. The first-order chi connectivity index (χ1) is 15.5. The van der Waals surface area contributed by atoms with Crippen LogP contribution in [0.4, 0.5) is 26.3 Å². The van der Waals surface area contributed by atoms with Crippen molar-refractivity contribution in [3.05, 3.63) is 75.2 Å². The standard InChI is InChI=1S/C22H16F6N2O2S/c23-21(24,25)14-4-6-16(7-5-14)32-18-3-1-2-13-11-30(9-8-17(13)18)19(31)10-15-12-33-20(29-15)22(26,27)28/h1-7,12H,8-11H2. The minimum atomic E-state index is -4.54. The second-order valence-electron chi connectivity index (χ2n) is 7.40. The van der Waals surface area contributed by atoms with Crippen LogP contribution in [0.3, 0.4) is 0 Å². The number of nitrogens with zero attached hydrogens (tertiary/aromatic N) is 2. The number of hydrogen-bond donors (Lipinski definition) is 0. The highest BCUT2D eigenvalue weighted by Crippen LogP contribution is 2.35. The van der Waals surface area contributed by atoms with Gasteiger partial charge < -0.3 is 9.64 Å². The average molecular weight is 486 g/mol. The molecule has 0 spiro atoms. The monoisotopic (exact) mass is 486 g/mol. The third kappa shape index (κ3) is 5.29. The lowest BCUT2D eigenvalue weighted by atomic mass is 9.98. The molecule has 2 aromatic carbocycles. The van der Waals surface area contributed by atoms with E-state index in [0.29, 0.717) is 30.1 Å². The molecule has 0 fully saturated rings. The summed E-state index contributed by atoms with van der Waals surface area (Å²) in [5.74, 6) is 0.390. The van der Waals surface area contributed by atoms with E-state index in [2.05, 4.69) is 4.98 Å². The maximum atomic E-state index is 12.7. The van der Waals surface area contributed by atoms with Crippen LogP contribution in [-0.2, 0) is 36.5 Å². The van der Waals surface area contributed by atoms with Crippen molar-refractivity contribution in [3.8, 4) is 11.5 Å². The summed E-state index contributed by atoms with van der Waals surface area (Å²) in [4.78, 5) is 17.6. The molecule has 0 N–H and O–H groups in total. The Hall–Kier alpha value is -3.08. The molecule has 0 saturated heterocycles. The van der Waals surface area contributed by atoms with Gasteiger partial charge in [-0.3, -0.25) is 4.79 Å². The number of aromatic nitrogens is 1. The number of hydrogen-bond acceptors (Lipinski definition) is 4. The van der Waals surface area contributed by atoms with Gasteiger partial charge in [-0.2, -0.15) is 26.3 Å². The number of carbonyl (C=O) groups is 1. The molecule has 0 aliphatic carbocycles. The largest absolute Gasteiger partial charge is 0.457 e. The first kappa shape index (κ1) is 23.1. The third-order valence-corrected chi connectivity index (χ3v) is 6.05. The van der Waals surface area contributed by atoms with Gasteiger partial charge in [0.15, 0.2) is 5.01 Å². The van der Waals surface area contributed by atoms with Crippen LogP contribution < -0.4 is 4.74 Å². The van der Waals surface area contributed by atoms with Crippen LogP contribution in [0.1, 0.15) is 27.4 Å². The van der Waals surface area contributed by atoms with E-state index < -0.39 is 22.9 Å². The zero-order chi connectivity index (χ0) is 23.8. The fraction of sp³-hybridized carbons (Fsp3) is 0.273. The third-order valence-electron chi connectivity index (χ3n) is 5.11. The molecule has 0 saturated carbocycles. The Morgan fingerprint density at radius 3 is 2.39 bits per heavy atom. The lowest BCUT2D eigenvalue weighted by Gasteiger charge is -2.30. The van der Waals surface area contributed by atoms with Gasteiger partial charge in [0.25, 0.3) is 0 Å². The van der Waals surface area contributed by atoms with Crippen molar-refractivity contribution in [2.24, 2.45) is 0 Å². The minimum Gasteiger partial charge on any atom is -0.457 e. The number of carbonyl (C=O) groups excluding carboxylic acids is 1. The lowest BCUT2D eigenvalue weighted by Crippen LogP contribution is -2.37. The highest BCUT2D eigenvalue weighted by atomic mass is 32.1. The van der Waals surface area contributed by atoms with Crippen molar-refractivity contribution in [3.63, 3.8) is 0 Å². The lowest BCUT2D eigenvalue weighted by molar-refractivity contribution is -0.138. The Morgan fingerprint density at radius 2 is 1.76 bits per heavy atom. The molecule has 1 aliphatic rings. The Labute approximate surface area is 188 Å². The summed E-state index contributed by atoms with van der Waals surface area (Å²) in [6, 6.07) is 9.57. The van der Waals surface area contributed by atoms with Gasteiger partial charge in [0.05, 0.1) is 17.7 Å². The van der Waals surface area contributed by atoms with Crippen molar-refractivity contribution in [2.75, 3.05) is 6.54 Å². The molecule has 2 heterocycles. The van der Waals surface area contributed by atoms with E-state index in [1.165, 1.54) is 22.4 Å². The fourth-order valence-electron chi connectivity index (χ4n) is 3.51. The molecule has 0 unspecified atom stereocenters. The van der Waals surface area contributed by atoms with E-state index in [1.807, 2.05) is 0 Å². The molecule has 1 aliphatic heterocycles. The van der Waals surface area contributed by atoms with Gasteiger partial charge in [0.2, 0.25) is 5.91 Å². The minimum absolute atomic E-state index is 0.0718. The van der Waals surface area contributed by atoms with Crippen LogP contribution in [0.2, 0.25) is 0 Å². The summed E-state index contributed by atoms with van der Waals surface area (Å²) in [7, 11) is 0. The van der Waals surface area contributed by atoms with Gasteiger partial charge in [-0.1, -0.05) is 12.1 Å². The second-order valence-corrected chi connectivity index (χ2v) is 8.26. The van der Waals surface area contributed by atoms with Crippen LogP contribution in [0.25, 0.3) is 0 Å². The summed E-state index contributed by atoms with van der Waals surface area (Å²) < 4.78 is 82.1. The molecule has 0 radical (unpaired) electrons. The van der Waals surface area contributed by atoms with Crippen LogP contribution in [0, 0.1) is 0 Å². The zero-order valence-electron chi connectivity index (χ0n) is 16.8. The number of ether oxygens (including phenoxy) is 1. The molecule has 4 nitrogen and oxygen atoms in total. The Balaban J connectivity index is 1.44. The van der Waals surface area contributed by atoms with E-state index in [9.17, 15) is 31.1 Å². The molecule has 3 aromatic rings. The summed E-state index contributed by atoms with van der Waals surface area (Å²) in [5, 5.41) is 0.244. The van der Waals surface area contributed by atoms with Gasteiger partial charge in [-0.15, -0.1) is 11.3 Å². The Morgan fingerprint density at radius 1 is 1.03 bits per heavy atom. The van der Waals surface area contributed by atoms with Gasteiger partial charge in [-0.25, -0.2) is 4.98 Å². The molecule has 0 atom stereocenters. The van der Waals surface area contributed by atoms with E-state index in [1.54, 1.807) is 18.2 Å². The number of rotatable bonds is 4.